The Bertz CT molecular complexity index is 1870. The van der Waals surface area contributed by atoms with E-state index in [9.17, 15) is 38.9 Å². The number of anilines is 2. The molecule has 16 heteroatoms. The highest BCUT2D eigenvalue weighted by atomic mass is 16.6. The van der Waals surface area contributed by atoms with Gasteiger partial charge >= 0.3 is 23.9 Å². The van der Waals surface area contributed by atoms with Gasteiger partial charge in [0.25, 0.3) is 5.69 Å². The van der Waals surface area contributed by atoms with Crippen molar-refractivity contribution in [1.29, 1.82) is 0 Å². The summed E-state index contributed by atoms with van der Waals surface area (Å²) in [5.74, 6) is -4.90. The van der Waals surface area contributed by atoms with Crippen molar-refractivity contribution < 1.29 is 52.6 Å². The lowest BCUT2D eigenvalue weighted by Crippen LogP contribution is -2.33. The Labute approximate surface area is 303 Å². The third kappa shape index (κ3) is 10.6. The number of ether oxygens (including phenoxy) is 4. The number of carbonyl (C=O) groups excluding carboxylic acids is 6. The summed E-state index contributed by atoms with van der Waals surface area (Å²) in [6, 6.07) is 17.4. The zero-order valence-electron chi connectivity index (χ0n) is 29.2. The smallest absolute Gasteiger partial charge is 0.338 e. The number of nitro benzene ring substituents is 1. The number of nitrogens with zero attached hydrogens (tertiary/aromatic N) is 1. The summed E-state index contributed by atoms with van der Waals surface area (Å²) >= 11 is 0. The number of dihydropyridines is 1. The van der Waals surface area contributed by atoms with Crippen molar-refractivity contribution in [3.63, 3.8) is 0 Å². The van der Waals surface area contributed by atoms with Crippen LogP contribution in [0, 0.1) is 10.1 Å². The van der Waals surface area contributed by atoms with Gasteiger partial charge in [0.1, 0.15) is 26.4 Å². The van der Waals surface area contributed by atoms with Gasteiger partial charge in [0, 0.05) is 48.7 Å². The van der Waals surface area contributed by atoms with E-state index in [4.69, 9.17) is 18.9 Å². The Balaban J connectivity index is 1.44. The second-order valence-electron chi connectivity index (χ2n) is 11.5. The number of non-ortho nitro benzene ring substituents is 1. The molecule has 0 aromatic heterocycles. The first-order valence-corrected chi connectivity index (χ1v) is 16.1. The molecule has 4 rings (SSSR count). The molecule has 16 nitrogen and oxygen atoms in total. The Hall–Kier alpha value is -6.84. The van der Waals surface area contributed by atoms with E-state index in [-0.39, 0.29) is 71.8 Å². The average Bonchev–Trinajstić information content (AvgIpc) is 3.11. The van der Waals surface area contributed by atoms with Crippen LogP contribution in [-0.2, 0) is 38.1 Å². The summed E-state index contributed by atoms with van der Waals surface area (Å²) in [5, 5.41) is 19.8. The van der Waals surface area contributed by atoms with Gasteiger partial charge < -0.3 is 34.9 Å². The minimum Gasteiger partial charge on any atom is -0.459 e. The fourth-order valence-corrected chi connectivity index (χ4v) is 5.33. The number of nitrogens with one attached hydrogen (secondary N) is 3. The van der Waals surface area contributed by atoms with Crippen LogP contribution in [0.5, 0.6) is 0 Å². The van der Waals surface area contributed by atoms with E-state index in [1.807, 2.05) is 0 Å². The number of benzene rings is 3. The van der Waals surface area contributed by atoms with Gasteiger partial charge in [-0.3, -0.25) is 19.7 Å². The number of hydrogen-bond acceptors (Lipinski definition) is 13. The molecule has 0 radical (unpaired) electrons. The predicted molar refractivity (Wildman–Crippen MR) is 188 cm³/mol. The molecular formula is C37H36N4O12. The zero-order chi connectivity index (χ0) is 38.7. The predicted octanol–water partition coefficient (Wildman–Crippen LogP) is 4.55. The molecule has 3 aromatic carbocycles. The third-order valence-electron chi connectivity index (χ3n) is 7.60. The Morgan fingerprint density at radius 1 is 0.642 bits per heavy atom. The highest BCUT2D eigenvalue weighted by molar-refractivity contribution is 6.00. The van der Waals surface area contributed by atoms with Gasteiger partial charge in [0.05, 0.1) is 33.1 Å². The molecule has 1 heterocycles. The number of rotatable bonds is 14. The Kier molecular flexibility index (Phi) is 13.1. The topological polar surface area (TPSA) is 219 Å². The van der Waals surface area contributed by atoms with Crippen LogP contribution in [0.4, 0.5) is 17.1 Å². The second-order valence-corrected chi connectivity index (χ2v) is 11.5. The summed E-state index contributed by atoms with van der Waals surface area (Å²) < 4.78 is 21.3. The molecule has 0 fully saturated rings. The number of amides is 2. The summed E-state index contributed by atoms with van der Waals surface area (Å²) in [7, 11) is 0. The molecule has 1 aliphatic heterocycles. The SMILES string of the molecule is CC(=O)Nc1ccc(C(=O)OCCOC(=O)C2=C(C)NC(C)=C(C(=O)OCCOC(=O)c3ccc(NC(C)=O)cc3)C2c2cccc([N+](=O)[O-])c2)cc1. The summed E-state index contributed by atoms with van der Waals surface area (Å²) in [6.07, 6.45) is 0. The molecule has 53 heavy (non-hydrogen) atoms. The van der Waals surface area contributed by atoms with Crippen molar-refractivity contribution in [2.75, 3.05) is 37.1 Å². The standard InChI is InChI=1S/C37H36N4O12/c1-21-31(36(46)52-18-16-50-34(44)25-8-12-28(13-9-25)39-23(3)42)33(27-6-5-7-30(20-27)41(48)49)32(22(2)38-21)37(47)53-19-17-51-35(45)26-10-14-29(15-11-26)40-24(4)43/h5-15,20,33,38H,16-19H2,1-4H3,(H,39,42)(H,40,43). The summed E-state index contributed by atoms with van der Waals surface area (Å²) in [4.78, 5) is 85.6. The maximum absolute atomic E-state index is 13.6. The Morgan fingerprint density at radius 3 is 1.42 bits per heavy atom. The maximum atomic E-state index is 13.6. The molecule has 0 unspecified atom stereocenters. The van der Waals surface area contributed by atoms with Gasteiger partial charge in [0.15, 0.2) is 0 Å². The number of hydrogen-bond donors (Lipinski definition) is 3. The van der Waals surface area contributed by atoms with Crippen molar-refractivity contribution in [2.45, 2.75) is 33.6 Å². The highest BCUT2D eigenvalue weighted by Crippen LogP contribution is 2.40. The van der Waals surface area contributed by atoms with Gasteiger partial charge in [0.2, 0.25) is 11.8 Å². The van der Waals surface area contributed by atoms with Crippen LogP contribution >= 0.6 is 0 Å². The second kappa shape index (κ2) is 17.9. The lowest BCUT2D eigenvalue weighted by Gasteiger charge is -2.30. The van der Waals surface area contributed by atoms with E-state index in [0.29, 0.717) is 22.8 Å². The van der Waals surface area contributed by atoms with Gasteiger partial charge in [-0.2, -0.15) is 0 Å². The molecule has 0 atom stereocenters. The Morgan fingerprint density at radius 2 is 1.04 bits per heavy atom. The monoisotopic (exact) mass is 728 g/mol. The zero-order valence-corrected chi connectivity index (χ0v) is 29.2. The van der Waals surface area contributed by atoms with Crippen LogP contribution in [0.15, 0.2) is 95.3 Å². The fraction of sp³-hybridized carbons (Fsp3) is 0.243. The number of allylic oxidation sites excluding steroid dienone is 2. The summed E-state index contributed by atoms with van der Waals surface area (Å²) in [5.41, 5.74) is 1.83. The lowest BCUT2D eigenvalue weighted by atomic mass is 9.80. The van der Waals surface area contributed by atoms with Crippen LogP contribution in [-0.4, -0.2) is 67.0 Å². The van der Waals surface area contributed by atoms with E-state index < -0.39 is 34.7 Å². The van der Waals surface area contributed by atoms with Crippen molar-refractivity contribution in [1.82, 2.24) is 5.32 Å². The van der Waals surface area contributed by atoms with Gasteiger partial charge in [-0.05, 0) is 67.9 Å². The van der Waals surface area contributed by atoms with Crippen LogP contribution in [0.25, 0.3) is 0 Å². The fourth-order valence-electron chi connectivity index (χ4n) is 5.33. The van der Waals surface area contributed by atoms with Crippen LogP contribution < -0.4 is 16.0 Å². The van der Waals surface area contributed by atoms with Gasteiger partial charge in [-0.1, -0.05) is 12.1 Å². The molecule has 0 aliphatic carbocycles. The van der Waals surface area contributed by atoms with E-state index in [0.717, 1.165) is 0 Å². The largest absolute Gasteiger partial charge is 0.459 e. The van der Waals surface area contributed by atoms with Gasteiger partial charge in [-0.15, -0.1) is 0 Å². The van der Waals surface area contributed by atoms with E-state index in [1.165, 1.54) is 86.6 Å². The average molecular weight is 729 g/mol. The minimum absolute atomic E-state index is 0.0444. The van der Waals surface area contributed by atoms with E-state index >= 15 is 0 Å². The number of nitro groups is 1. The molecule has 0 spiro atoms. The lowest BCUT2D eigenvalue weighted by molar-refractivity contribution is -0.384. The first-order valence-electron chi connectivity index (χ1n) is 16.1. The molecule has 3 aromatic rings. The van der Waals surface area contributed by atoms with Gasteiger partial charge in [-0.25, -0.2) is 19.2 Å². The van der Waals surface area contributed by atoms with Crippen molar-refractivity contribution in [3.05, 3.63) is 122 Å². The number of esters is 4. The highest BCUT2D eigenvalue weighted by Gasteiger charge is 2.38. The first kappa shape index (κ1) is 39.0. The summed E-state index contributed by atoms with van der Waals surface area (Å²) in [6.45, 7) is 4.47. The molecule has 0 saturated heterocycles. The van der Waals surface area contributed by atoms with Crippen LogP contribution in [0.2, 0.25) is 0 Å². The molecule has 2 amide bonds. The maximum Gasteiger partial charge on any atom is 0.338 e. The van der Waals surface area contributed by atoms with E-state index in [1.54, 1.807) is 13.8 Å². The van der Waals surface area contributed by atoms with E-state index in [2.05, 4.69) is 16.0 Å². The molecule has 0 bridgehead atoms. The molecule has 1 aliphatic rings. The van der Waals surface area contributed by atoms with Crippen molar-refractivity contribution in [3.8, 4) is 0 Å². The molecule has 3 N–H and O–H groups in total. The van der Waals surface area contributed by atoms with Crippen molar-refractivity contribution in [2.24, 2.45) is 0 Å². The normalized spacial score (nSPS) is 12.6. The first-order chi connectivity index (χ1) is 25.2. The van der Waals surface area contributed by atoms with Crippen molar-refractivity contribution >= 4 is 52.8 Å². The van der Waals surface area contributed by atoms with Crippen LogP contribution in [0.3, 0.4) is 0 Å². The number of carbonyl (C=O) groups is 6. The molecule has 276 valence electrons. The molecule has 0 saturated carbocycles. The quantitative estimate of drug-likeness (QED) is 0.0683. The molecular weight excluding hydrogens is 692 g/mol. The minimum atomic E-state index is -1.18. The van der Waals surface area contributed by atoms with Crippen LogP contribution in [0.1, 0.15) is 59.9 Å². The third-order valence-corrected chi connectivity index (χ3v) is 7.60.